The highest BCUT2D eigenvalue weighted by molar-refractivity contribution is 9.10. The summed E-state index contributed by atoms with van der Waals surface area (Å²) in [6.07, 6.45) is 3.22. The van der Waals surface area contributed by atoms with Gasteiger partial charge in [-0.2, -0.15) is 5.26 Å². The fraction of sp³-hybridized carbons (Fsp3) is 0.238. The van der Waals surface area contributed by atoms with E-state index in [1.807, 2.05) is 62.4 Å². The molecule has 4 nitrogen and oxygen atoms in total. The second kappa shape index (κ2) is 9.79. The van der Waals surface area contributed by atoms with Gasteiger partial charge in [0.15, 0.2) is 0 Å². The molecule has 2 aromatic carbocycles. The van der Waals surface area contributed by atoms with Crippen molar-refractivity contribution in [2.24, 2.45) is 0 Å². The van der Waals surface area contributed by atoms with Gasteiger partial charge in [-0.25, -0.2) is 0 Å². The number of amides is 1. The monoisotopic (exact) mass is 412 g/mol. The molecular weight excluding hydrogens is 392 g/mol. The zero-order valence-electron chi connectivity index (χ0n) is 14.9. The van der Waals surface area contributed by atoms with Crippen LogP contribution in [0, 0.1) is 11.3 Å². The molecule has 2 rings (SSSR count). The third kappa shape index (κ3) is 5.21. The molecule has 134 valence electrons. The number of benzene rings is 2. The van der Waals surface area contributed by atoms with Crippen LogP contribution in [-0.4, -0.2) is 12.5 Å². The molecule has 26 heavy (non-hydrogen) atoms. The maximum atomic E-state index is 12.6. The SMILES string of the molecule is CCCOc1ccc(Br)cc1/C=C(\C#N)C(=O)Nc1ccccc1CC. The van der Waals surface area contributed by atoms with E-state index in [1.54, 1.807) is 6.08 Å². The van der Waals surface area contributed by atoms with Gasteiger partial charge in [0.05, 0.1) is 6.61 Å². The number of ether oxygens (including phenoxy) is 1. The first-order chi connectivity index (χ1) is 12.6. The Hall–Kier alpha value is -2.58. The smallest absolute Gasteiger partial charge is 0.266 e. The molecule has 0 unspecified atom stereocenters. The number of carbonyl (C=O) groups is 1. The van der Waals surface area contributed by atoms with E-state index in [2.05, 4.69) is 21.2 Å². The van der Waals surface area contributed by atoms with Gasteiger partial charge in [0.1, 0.15) is 17.4 Å². The summed E-state index contributed by atoms with van der Waals surface area (Å²) in [4.78, 5) is 12.6. The molecule has 1 amide bonds. The summed E-state index contributed by atoms with van der Waals surface area (Å²) in [5, 5.41) is 12.3. The second-order valence-electron chi connectivity index (χ2n) is 5.67. The number of nitrogens with one attached hydrogen (secondary N) is 1. The maximum Gasteiger partial charge on any atom is 0.266 e. The van der Waals surface area contributed by atoms with Gasteiger partial charge in [-0.05, 0) is 48.7 Å². The van der Waals surface area contributed by atoms with Crippen LogP contribution in [0.1, 0.15) is 31.4 Å². The Kier molecular flexibility index (Phi) is 7.43. The molecule has 0 aliphatic carbocycles. The molecule has 0 aliphatic heterocycles. The van der Waals surface area contributed by atoms with Crippen molar-refractivity contribution in [2.75, 3.05) is 11.9 Å². The number of nitrogens with zero attached hydrogens (tertiary/aromatic N) is 1. The first-order valence-corrected chi connectivity index (χ1v) is 9.31. The van der Waals surface area contributed by atoms with Crippen LogP contribution in [0.3, 0.4) is 0 Å². The molecule has 1 N–H and O–H groups in total. The molecule has 0 aromatic heterocycles. The van der Waals surface area contributed by atoms with Crippen LogP contribution in [-0.2, 0) is 11.2 Å². The number of anilines is 1. The standard InChI is InChI=1S/C21H21BrN2O2/c1-3-11-26-20-10-9-18(22)13-16(20)12-17(14-23)21(25)24-19-8-6-5-7-15(19)4-2/h5-10,12-13H,3-4,11H2,1-2H3,(H,24,25)/b17-12+. The lowest BCUT2D eigenvalue weighted by Gasteiger charge is -2.11. The molecule has 0 spiro atoms. The third-order valence-corrected chi connectivity index (χ3v) is 4.24. The van der Waals surface area contributed by atoms with Crippen molar-refractivity contribution in [2.45, 2.75) is 26.7 Å². The second-order valence-corrected chi connectivity index (χ2v) is 6.58. The van der Waals surface area contributed by atoms with Gasteiger partial charge in [-0.3, -0.25) is 4.79 Å². The highest BCUT2D eigenvalue weighted by atomic mass is 79.9. The fourth-order valence-corrected chi connectivity index (χ4v) is 2.80. The molecule has 5 heteroatoms. The topological polar surface area (TPSA) is 62.1 Å². The summed E-state index contributed by atoms with van der Waals surface area (Å²) < 4.78 is 6.56. The Labute approximate surface area is 162 Å². The number of aryl methyl sites for hydroxylation is 1. The Morgan fingerprint density at radius 3 is 2.73 bits per heavy atom. The van der Waals surface area contributed by atoms with Crippen LogP contribution >= 0.6 is 15.9 Å². The molecule has 0 radical (unpaired) electrons. The number of halogens is 1. The number of hydrogen-bond donors (Lipinski definition) is 1. The summed E-state index contributed by atoms with van der Waals surface area (Å²) in [7, 11) is 0. The Bertz CT molecular complexity index is 853. The molecular formula is C21H21BrN2O2. The average Bonchev–Trinajstić information content (AvgIpc) is 2.65. The number of hydrogen-bond acceptors (Lipinski definition) is 3. The normalized spacial score (nSPS) is 10.9. The lowest BCUT2D eigenvalue weighted by molar-refractivity contribution is -0.112. The van der Waals surface area contributed by atoms with Crippen molar-refractivity contribution in [1.82, 2.24) is 0 Å². The summed E-state index contributed by atoms with van der Waals surface area (Å²) in [6.45, 7) is 4.61. The van der Waals surface area contributed by atoms with E-state index < -0.39 is 5.91 Å². The van der Waals surface area contributed by atoms with Gasteiger partial charge >= 0.3 is 0 Å². The summed E-state index contributed by atoms with van der Waals surface area (Å²) in [5.74, 6) is 0.208. The molecule has 0 aliphatic rings. The van der Waals surface area contributed by atoms with Crippen LogP contribution in [0.15, 0.2) is 52.5 Å². The van der Waals surface area contributed by atoms with E-state index in [1.165, 1.54) is 0 Å². The van der Waals surface area contributed by atoms with Crippen molar-refractivity contribution in [1.29, 1.82) is 5.26 Å². The van der Waals surface area contributed by atoms with E-state index in [4.69, 9.17) is 4.74 Å². The van der Waals surface area contributed by atoms with Crippen molar-refractivity contribution >= 4 is 33.6 Å². The molecule has 0 atom stereocenters. The van der Waals surface area contributed by atoms with E-state index >= 15 is 0 Å². The van der Waals surface area contributed by atoms with Crippen LogP contribution in [0.5, 0.6) is 5.75 Å². The highest BCUT2D eigenvalue weighted by Crippen LogP contribution is 2.26. The van der Waals surface area contributed by atoms with E-state index in [-0.39, 0.29) is 5.57 Å². The number of carbonyl (C=O) groups excluding carboxylic acids is 1. The zero-order valence-corrected chi connectivity index (χ0v) is 16.5. The fourth-order valence-electron chi connectivity index (χ4n) is 2.42. The molecule has 0 saturated heterocycles. The Balaban J connectivity index is 2.31. The first kappa shape index (κ1) is 19.7. The number of para-hydroxylation sites is 1. The predicted molar refractivity (Wildman–Crippen MR) is 108 cm³/mol. The molecule has 0 saturated carbocycles. The first-order valence-electron chi connectivity index (χ1n) is 8.52. The zero-order chi connectivity index (χ0) is 18.9. The third-order valence-electron chi connectivity index (χ3n) is 3.74. The van der Waals surface area contributed by atoms with Crippen LogP contribution in [0.25, 0.3) is 6.08 Å². The van der Waals surface area contributed by atoms with E-state index in [9.17, 15) is 10.1 Å². The van der Waals surface area contributed by atoms with Gasteiger partial charge in [-0.15, -0.1) is 0 Å². The van der Waals surface area contributed by atoms with Crippen LogP contribution in [0.2, 0.25) is 0 Å². The lowest BCUT2D eigenvalue weighted by atomic mass is 10.1. The minimum atomic E-state index is -0.435. The van der Waals surface area contributed by atoms with Gasteiger partial charge in [0, 0.05) is 15.7 Å². The van der Waals surface area contributed by atoms with Gasteiger partial charge in [0.25, 0.3) is 5.91 Å². The van der Waals surface area contributed by atoms with E-state index in [0.29, 0.717) is 17.9 Å². The van der Waals surface area contributed by atoms with E-state index in [0.717, 1.165) is 28.6 Å². The molecule has 0 fully saturated rings. The van der Waals surface area contributed by atoms with Gasteiger partial charge in [0.2, 0.25) is 0 Å². The minimum absolute atomic E-state index is 0.0235. The van der Waals surface area contributed by atoms with Crippen molar-refractivity contribution in [3.63, 3.8) is 0 Å². The van der Waals surface area contributed by atoms with Gasteiger partial charge in [-0.1, -0.05) is 48.0 Å². The molecule has 0 bridgehead atoms. The van der Waals surface area contributed by atoms with Gasteiger partial charge < -0.3 is 10.1 Å². The van der Waals surface area contributed by atoms with Crippen molar-refractivity contribution in [3.05, 3.63) is 63.6 Å². The molecule has 2 aromatic rings. The number of nitriles is 1. The van der Waals surface area contributed by atoms with Crippen molar-refractivity contribution in [3.8, 4) is 11.8 Å². The Morgan fingerprint density at radius 2 is 2.04 bits per heavy atom. The quantitative estimate of drug-likeness (QED) is 0.492. The molecule has 0 heterocycles. The minimum Gasteiger partial charge on any atom is -0.493 e. The highest BCUT2D eigenvalue weighted by Gasteiger charge is 2.13. The number of rotatable bonds is 7. The summed E-state index contributed by atoms with van der Waals surface area (Å²) >= 11 is 3.42. The predicted octanol–water partition coefficient (Wildman–Crippen LogP) is 5.35. The summed E-state index contributed by atoms with van der Waals surface area (Å²) in [6, 6.07) is 15.1. The largest absolute Gasteiger partial charge is 0.493 e. The van der Waals surface area contributed by atoms with Crippen molar-refractivity contribution < 1.29 is 9.53 Å². The summed E-state index contributed by atoms with van der Waals surface area (Å²) in [5.41, 5.74) is 2.45. The Morgan fingerprint density at radius 1 is 1.27 bits per heavy atom. The maximum absolute atomic E-state index is 12.6. The lowest BCUT2D eigenvalue weighted by Crippen LogP contribution is -2.14. The van der Waals surface area contributed by atoms with Crippen LogP contribution < -0.4 is 10.1 Å². The van der Waals surface area contributed by atoms with Crippen LogP contribution in [0.4, 0.5) is 5.69 Å². The average molecular weight is 413 g/mol.